The largest absolute Gasteiger partial charge is 0.493 e. The molecule has 208 valence electrons. The maximum absolute atomic E-state index is 13.0. The van der Waals surface area contributed by atoms with Crippen LogP contribution >= 0.6 is 0 Å². The van der Waals surface area contributed by atoms with E-state index in [1.807, 2.05) is 18.2 Å². The van der Waals surface area contributed by atoms with Gasteiger partial charge in [-0.2, -0.15) is 13.2 Å². The number of β-amino-alcohol motifs (C(OH)–C–C–N with tert-alkyl or cyclic N) is 1. The van der Waals surface area contributed by atoms with Crippen LogP contribution in [0.3, 0.4) is 0 Å². The van der Waals surface area contributed by atoms with Gasteiger partial charge >= 0.3 is 6.18 Å². The molecule has 0 aromatic heterocycles. The van der Waals surface area contributed by atoms with Crippen LogP contribution in [0.4, 0.5) is 13.2 Å². The maximum atomic E-state index is 13.0. The number of amides is 1. The first-order chi connectivity index (χ1) is 17.9. The van der Waals surface area contributed by atoms with Gasteiger partial charge in [-0.15, -0.1) is 0 Å². The third kappa shape index (κ3) is 7.25. The van der Waals surface area contributed by atoms with Crippen LogP contribution in [0.2, 0.25) is 0 Å². The van der Waals surface area contributed by atoms with E-state index in [4.69, 9.17) is 4.74 Å². The second-order valence-electron chi connectivity index (χ2n) is 9.91. The highest BCUT2D eigenvalue weighted by molar-refractivity contribution is 7.89. The molecule has 0 bridgehead atoms. The lowest BCUT2D eigenvalue weighted by Gasteiger charge is -2.31. The van der Waals surface area contributed by atoms with Crippen LogP contribution in [-0.4, -0.2) is 56.2 Å². The number of fused-ring (bicyclic) bond motifs is 1. The molecule has 0 saturated carbocycles. The molecule has 0 aliphatic carbocycles. The van der Waals surface area contributed by atoms with Crippen LogP contribution in [0, 0.1) is 0 Å². The zero-order valence-corrected chi connectivity index (χ0v) is 21.8. The Bertz CT molecular complexity index is 1250. The number of alkyl halides is 3. The van der Waals surface area contributed by atoms with Crippen molar-refractivity contribution in [2.24, 2.45) is 0 Å². The lowest BCUT2D eigenvalue weighted by Crippen LogP contribution is -2.39. The van der Waals surface area contributed by atoms with Gasteiger partial charge in [-0.3, -0.25) is 9.69 Å². The molecule has 0 unspecified atom stereocenters. The van der Waals surface area contributed by atoms with Crippen molar-refractivity contribution in [3.8, 4) is 5.75 Å². The number of rotatable bonds is 8. The topological polar surface area (TPSA) is 108 Å². The number of halogens is 3. The Labute approximate surface area is 220 Å². The van der Waals surface area contributed by atoms with Gasteiger partial charge in [0.05, 0.1) is 29.2 Å². The number of aliphatic hydroxyl groups is 1. The monoisotopic (exact) mass is 555 g/mol. The molecule has 2 aromatic carbocycles. The summed E-state index contributed by atoms with van der Waals surface area (Å²) in [7, 11) is -4.26. The molecule has 0 spiro atoms. The lowest BCUT2D eigenvalue weighted by atomic mass is 9.98. The molecule has 3 N–H and O–H groups in total. The summed E-state index contributed by atoms with van der Waals surface area (Å²) in [6.45, 7) is 4.12. The highest BCUT2D eigenvalue weighted by Gasteiger charge is 2.32. The highest BCUT2D eigenvalue weighted by atomic mass is 32.2. The number of benzene rings is 2. The zero-order valence-electron chi connectivity index (χ0n) is 21.0. The number of carbonyl (C=O) groups is 1. The van der Waals surface area contributed by atoms with E-state index in [2.05, 4.69) is 14.9 Å². The van der Waals surface area contributed by atoms with Gasteiger partial charge in [0.1, 0.15) is 5.75 Å². The highest BCUT2D eigenvalue weighted by Crippen LogP contribution is 2.34. The number of nitrogens with zero attached hydrogens (tertiary/aromatic N) is 1. The Morgan fingerprint density at radius 1 is 1.21 bits per heavy atom. The fourth-order valence-electron chi connectivity index (χ4n) is 4.86. The lowest BCUT2D eigenvalue weighted by molar-refractivity contribution is -0.137. The Morgan fingerprint density at radius 2 is 2.00 bits per heavy atom. The average molecular weight is 556 g/mol. The third-order valence-electron chi connectivity index (χ3n) is 6.66. The number of ether oxygens (including phenoxy) is 1. The number of nitrogens with one attached hydrogen (secondary N) is 2. The molecule has 38 heavy (non-hydrogen) atoms. The van der Waals surface area contributed by atoms with Gasteiger partial charge in [0.25, 0.3) is 0 Å². The molecular weight excluding hydrogens is 523 g/mol. The molecule has 2 aliphatic heterocycles. The van der Waals surface area contributed by atoms with Crippen molar-refractivity contribution in [2.75, 3.05) is 19.7 Å². The molecule has 1 amide bonds. The first-order valence-electron chi connectivity index (χ1n) is 12.6. The van der Waals surface area contributed by atoms with Crippen LogP contribution in [-0.2, 0) is 27.5 Å². The fraction of sp³-hybridized carbons (Fsp3) is 0.500. The van der Waals surface area contributed by atoms with Gasteiger partial charge in [0, 0.05) is 37.5 Å². The second kappa shape index (κ2) is 11.6. The Hall–Kier alpha value is -2.67. The van der Waals surface area contributed by atoms with Crippen molar-refractivity contribution in [2.45, 2.75) is 68.4 Å². The summed E-state index contributed by atoms with van der Waals surface area (Å²) < 4.78 is 72.2. The van der Waals surface area contributed by atoms with E-state index < -0.39 is 38.6 Å². The second-order valence-corrected chi connectivity index (χ2v) is 11.6. The van der Waals surface area contributed by atoms with E-state index in [1.165, 1.54) is 6.92 Å². The molecule has 2 aliphatic rings. The number of sulfonamides is 1. The molecule has 12 heteroatoms. The molecule has 1 saturated heterocycles. The van der Waals surface area contributed by atoms with Gasteiger partial charge in [0.2, 0.25) is 15.9 Å². The van der Waals surface area contributed by atoms with E-state index in [-0.39, 0.29) is 18.6 Å². The summed E-state index contributed by atoms with van der Waals surface area (Å²) in [5.74, 6) is 0.281. The molecular formula is C26H32F3N3O5S. The SMILES string of the molecule is C[C@@H](CC(=O)N[C@@H]1CCOc2cc(CN3CCC[C@@H](O)C3)ccc21)NS(=O)(=O)c1cccc(C(F)(F)F)c1. The Balaban J connectivity index is 1.35. The first kappa shape index (κ1) is 28.3. The first-order valence-corrected chi connectivity index (χ1v) is 14.0. The van der Waals surface area contributed by atoms with Crippen LogP contribution in [0.25, 0.3) is 0 Å². The van der Waals surface area contributed by atoms with E-state index in [0.717, 1.165) is 48.7 Å². The minimum Gasteiger partial charge on any atom is -0.493 e. The Kier molecular flexibility index (Phi) is 8.65. The number of likely N-dealkylation sites (tertiary alicyclic amines) is 1. The van der Waals surface area contributed by atoms with Gasteiger partial charge in [-0.05, 0) is 56.1 Å². The van der Waals surface area contributed by atoms with Crippen LogP contribution < -0.4 is 14.8 Å². The van der Waals surface area contributed by atoms with E-state index in [9.17, 15) is 31.5 Å². The van der Waals surface area contributed by atoms with Crippen molar-refractivity contribution in [3.63, 3.8) is 0 Å². The minimum absolute atomic E-state index is 0.194. The number of piperidine rings is 1. The molecule has 3 atom stereocenters. The summed E-state index contributed by atoms with van der Waals surface area (Å²) in [6, 6.07) is 8.12. The fourth-order valence-corrected chi connectivity index (χ4v) is 6.15. The standard InChI is InChI=1S/C26H32F3N3O5S/c1-17(31-38(35,36)21-6-2-4-19(14-21)26(27,28)29)12-25(34)30-23-9-11-37-24-13-18(7-8-22(23)24)15-32-10-3-5-20(33)16-32/h2,4,6-8,13-14,17,20,23,31,33H,3,5,9-12,15-16H2,1H3,(H,30,34)/t17-,20+,23+/m0/s1. The normalized spacial score (nSPS) is 21.3. The summed E-state index contributed by atoms with van der Waals surface area (Å²) in [6.07, 6.45) is -2.87. The molecule has 0 radical (unpaired) electrons. The van der Waals surface area contributed by atoms with Gasteiger partial charge in [-0.1, -0.05) is 18.2 Å². The van der Waals surface area contributed by atoms with E-state index in [1.54, 1.807) is 0 Å². The number of aliphatic hydroxyl groups excluding tert-OH is 1. The Morgan fingerprint density at radius 3 is 2.74 bits per heavy atom. The van der Waals surface area contributed by atoms with Gasteiger partial charge in [0.15, 0.2) is 0 Å². The summed E-state index contributed by atoms with van der Waals surface area (Å²) in [5.41, 5.74) is 0.798. The molecule has 2 aromatic rings. The van der Waals surface area contributed by atoms with Crippen molar-refractivity contribution in [1.29, 1.82) is 0 Å². The van der Waals surface area contributed by atoms with Gasteiger partial charge < -0.3 is 15.2 Å². The van der Waals surface area contributed by atoms with Gasteiger partial charge in [-0.25, -0.2) is 13.1 Å². The van der Waals surface area contributed by atoms with Crippen molar-refractivity contribution < 1.29 is 36.2 Å². The summed E-state index contributed by atoms with van der Waals surface area (Å²) >= 11 is 0. The number of hydrogen-bond donors (Lipinski definition) is 3. The predicted octanol–water partition coefficient (Wildman–Crippen LogP) is 3.36. The summed E-state index contributed by atoms with van der Waals surface area (Å²) in [4.78, 5) is 14.4. The quantitative estimate of drug-likeness (QED) is 0.461. The van der Waals surface area contributed by atoms with Crippen molar-refractivity contribution in [3.05, 3.63) is 59.2 Å². The number of hydrogen-bond acceptors (Lipinski definition) is 6. The third-order valence-corrected chi connectivity index (χ3v) is 8.25. The summed E-state index contributed by atoms with van der Waals surface area (Å²) in [5, 5.41) is 12.8. The zero-order chi connectivity index (χ0) is 27.5. The number of carbonyl (C=O) groups excluding carboxylic acids is 1. The smallest absolute Gasteiger partial charge is 0.416 e. The average Bonchev–Trinajstić information content (AvgIpc) is 2.83. The maximum Gasteiger partial charge on any atom is 0.416 e. The van der Waals surface area contributed by atoms with Crippen molar-refractivity contribution >= 4 is 15.9 Å². The molecule has 4 rings (SSSR count). The van der Waals surface area contributed by atoms with Crippen molar-refractivity contribution in [1.82, 2.24) is 14.9 Å². The molecule has 8 nitrogen and oxygen atoms in total. The van der Waals surface area contributed by atoms with Crippen LogP contribution in [0.1, 0.15) is 55.3 Å². The molecule has 2 heterocycles. The van der Waals surface area contributed by atoms with Crippen LogP contribution in [0.5, 0.6) is 5.75 Å². The van der Waals surface area contributed by atoms with E-state index >= 15 is 0 Å². The molecule has 1 fully saturated rings. The van der Waals surface area contributed by atoms with E-state index in [0.29, 0.717) is 37.9 Å². The minimum atomic E-state index is -4.67. The van der Waals surface area contributed by atoms with Crippen LogP contribution in [0.15, 0.2) is 47.4 Å². The predicted molar refractivity (Wildman–Crippen MR) is 134 cm³/mol.